The molecule has 1 heterocycles. The van der Waals surface area contributed by atoms with Gasteiger partial charge in [0.2, 0.25) is 5.91 Å². The lowest BCUT2D eigenvalue weighted by atomic mass is 10.2. The van der Waals surface area contributed by atoms with Crippen LogP contribution in [0.5, 0.6) is 0 Å². The predicted octanol–water partition coefficient (Wildman–Crippen LogP) is 0.659. The van der Waals surface area contributed by atoms with Gasteiger partial charge in [0, 0.05) is 5.92 Å². The molecular formula is C10H12N2O3S. The predicted molar refractivity (Wildman–Crippen MR) is 59.7 cm³/mol. The fourth-order valence-corrected chi connectivity index (χ4v) is 2.06. The molecule has 1 saturated carbocycles. The second-order valence-electron chi connectivity index (χ2n) is 3.69. The largest absolute Gasteiger partial charge is 0.390 e. The van der Waals surface area contributed by atoms with E-state index in [2.05, 4.69) is 0 Å². The Hall–Kier alpha value is -1.40. The summed E-state index contributed by atoms with van der Waals surface area (Å²) in [5, 5.41) is 11.1. The molecule has 1 fully saturated rings. The zero-order chi connectivity index (χ0) is 11.7. The van der Waals surface area contributed by atoms with Crippen molar-refractivity contribution in [2.24, 2.45) is 5.92 Å². The summed E-state index contributed by atoms with van der Waals surface area (Å²) in [5.41, 5.74) is 5.89. The Morgan fingerprint density at radius 1 is 1.56 bits per heavy atom. The van der Waals surface area contributed by atoms with E-state index in [1.807, 2.05) is 0 Å². The number of thiophene rings is 1. The van der Waals surface area contributed by atoms with Crippen molar-refractivity contribution in [1.82, 2.24) is 4.90 Å². The number of carbonyl (C=O) groups excluding carboxylic acids is 2. The highest BCUT2D eigenvalue weighted by atomic mass is 32.1. The molecule has 0 aromatic carbocycles. The molecule has 0 bridgehead atoms. The normalized spacial score (nSPS) is 14.8. The first kappa shape index (κ1) is 11.1. The second kappa shape index (κ2) is 4.23. The van der Waals surface area contributed by atoms with Gasteiger partial charge in [-0.25, -0.2) is 0 Å². The van der Waals surface area contributed by atoms with E-state index >= 15 is 0 Å². The molecule has 1 aromatic heterocycles. The number of carbonyl (C=O) groups is 2. The van der Waals surface area contributed by atoms with E-state index in [1.54, 1.807) is 11.4 Å². The number of aliphatic hydroxyl groups excluding tert-OH is 1. The highest BCUT2D eigenvalue weighted by Crippen LogP contribution is 2.32. The van der Waals surface area contributed by atoms with Crippen LogP contribution in [0.4, 0.5) is 5.00 Å². The van der Waals surface area contributed by atoms with Gasteiger partial charge in [0.25, 0.3) is 5.91 Å². The van der Waals surface area contributed by atoms with Crippen molar-refractivity contribution in [3.05, 3.63) is 17.0 Å². The number of nitrogens with two attached hydrogens (primary N) is 1. The fourth-order valence-electron chi connectivity index (χ4n) is 1.43. The molecule has 0 spiro atoms. The van der Waals surface area contributed by atoms with Gasteiger partial charge in [-0.1, -0.05) is 0 Å². The van der Waals surface area contributed by atoms with Crippen LogP contribution in [0.2, 0.25) is 0 Å². The van der Waals surface area contributed by atoms with E-state index < -0.39 is 12.6 Å². The summed E-state index contributed by atoms with van der Waals surface area (Å²) in [5.74, 6) is -0.924. The maximum Gasteiger partial charge on any atom is 0.265 e. The number of hydrogen-bond acceptors (Lipinski definition) is 5. The smallest absolute Gasteiger partial charge is 0.265 e. The molecule has 2 rings (SSSR count). The summed E-state index contributed by atoms with van der Waals surface area (Å²) < 4.78 is 0. The highest BCUT2D eigenvalue weighted by molar-refractivity contribution is 7.14. The quantitative estimate of drug-likeness (QED) is 0.600. The molecule has 1 aliphatic rings. The number of rotatable bonds is 3. The molecule has 5 nitrogen and oxygen atoms in total. The molecule has 3 N–H and O–H groups in total. The lowest BCUT2D eigenvalue weighted by Gasteiger charge is -2.17. The van der Waals surface area contributed by atoms with Crippen LogP contribution in [-0.2, 0) is 4.79 Å². The summed E-state index contributed by atoms with van der Waals surface area (Å²) in [4.78, 5) is 24.5. The first-order chi connectivity index (χ1) is 7.65. The first-order valence-corrected chi connectivity index (χ1v) is 5.82. The molecule has 0 unspecified atom stereocenters. The number of nitrogen functional groups attached to an aromatic ring is 1. The van der Waals surface area contributed by atoms with Crippen LogP contribution in [0.25, 0.3) is 0 Å². The minimum atomic E-state index is -0.594. The molecule has 0 atom stereocenters. The van der Waals surface area contributed by atoms with Crippen molar-refractivity contribution in [1.29, 1.82) is 0 Å². The van der Waals surface area contributed by atoms with E-state index in [4.69, 9.17) is 10.8 Å². The summed E-state index contributed by atoms with van der Waals surface area (Å²) >= 11 is 1.23. The zero-order valence-electron chi connectivity index (χ0n) is 8.55. The Kier molecular flexibility index (Phi) is 2.93. The minimum absolute atomic E-state index is 0.101. The topological polar surface area (TPSA) is 83.6 Å². The number of hydrogen-bond donors (Lipinski definition) is 2. The SMILES string of the molecule is Nc1sccc1C(=O)N(CO)C(=O)C1CC1. The minimum Gasteiger partial charge on any atom is -0.390 e. The van der Waals surface area contributed by atoms with Gasteiger partial charge in [0.1, 0.15) is 6.73 Å². The highest BCUT2D eigenvalue weighted by Gasteiger charge is 2.36. The van der Waals surface area contributed by atoms with Crippen molar-refractivity contribution >= 4 is 28.2 Å². The van der Waals surface area contributed by atoms with Crippen LogP contribution in [0.1, 0.15) is 23.2 Å². The average Bonchev–Trinajstić information content (AvgIpc) is 3.02. The van der Waals surface area contributed by atoms with Crippen LogP contribution in [0, 0.1) is 5.92 Å². The summed E-state index contributed by atoms with van der Waals surface area (Å²) in [7, 11) is 0. The van der Waals surface area contributed by atoms with Crippen molar-refractivity contribution in [3.8, 4) is 0 Å². The molecule has 86 valence electrons. The molecule has 0 radical (unpaired) electrons. The van der Waals surface area contributed by atoms with Crippen LogP contribution in [0.15, 0.2) is 11.4 Å². The summed E-state index contributed by atoms with van der Waals surface area (Å²) in [6, 6.07) is 1.56. The maximum atomic E-state index is 11.9. The van der Waals surface area contributed by atoms with Gasteiger partial charge >= 0.3 is 0 Å². The van der Waals surface area contributed by atoms with Gasteiger partial charge in [-0.2, -0.15) is 0 Å². The third kappa shape index (κ3) is 1.94. The van der Waals surface area contributed by atoms with Gasteiger partial charge in [-0.05, 0) is 24.3 Å². The Labute approximate surface area is 96.5 Å². The van der Waals surface area contributed by atoms with Crippen molar-refractivity contribution < 1.29 is 14.7 Å². The van der Waals surface area contributed by atoms with E-state index in [0.29, 0.717) is 5.00 Å². The van der Waals surface area contributed by atoms with Gasteiger partial charge in [0.05, 0.1) is 10.6 Å². The van der Waals surface area contributed by atoms with Crippen molar-refractivity contribution in [3.63, 3.8) is 0 Å². The Bertz CT molecular complexity index is 425. The maximum absolute atomic E-state index is 11.9. The van der Waals surface area contributed by atoms with Crippen molar-refractivity contribution in [2.75, 3.05) is 12.5 Å². The lowest BCUT2D eigenvalue weighted by molar-refractivity contribution is -0.132. The number of nitrogens with zero attached hydrogens (tertiary/aromatic N) is 1. The third-order valence-corrected chi connectivity index (χ3v) is 3.25. The van der Waals surface area contributed by atoms with Crippen LogP contribution < -0.4 is 5.73 Å². The summed E-state index contributed by atoms with van der Waals surface area (Å²) in [6.45, 7) is -0.594. The second-order valence-corrected chi connectivity index (χ2v) is 4.63. The van der Waals surface area contributed by atoms with Crippen LogP contribution >= 0.6 is 11.3 Å². The zero-order valence-corrected chi connectivity index (χ0v) is 9.37. The molecule has 0 aliphatic heterocycles. The molecule has 16 heavy (non-hydrogen) atoms. The molecular weight excluding hydrogens is 228 g/mol. The van der Waals surface area contributed by atoms with Crippen LogP contribution in [-0.4, -0.2) is 28.6 Å². The first-order valence-electron chi connectivity index (χ1n) is 4.94. The molecule has 6 heteroatoms. The van der Waals surface area contributed by atoms with Crippen molar-refractivity contribution in [2.45, 2.75) is 12.8 Å². The van der Waals surface area contributed by atoms with Gasteiger partial charge in [-0.15, -0.1) is 11.3 Å². The lowest BCUT2D eigenvalue weighted by Crippen LogP contribution is -2.38. The van der Waals surface area contributed by atoms with E-state index in [1.165, 1.54) is 11.3 Å². The third-order valence-electron chi connectivity index (χ3n) is 2.50. The summed E-state index contributed by atoms with van der Waals surface area (Å²) in [6.07, 6.45) is 1.59. The Morgan fingerprint density at radius 2 is 2.25 bits per heavy atom. The van der Waals surface area contributed by atoms with E-state index in [-0.39, 0.29) is 17.4 Å². The van der Waals surface area contributed by atoms with Gasteiger partial charge in [0.15, 0.2) is 0 Å². The number of aliphatic hydroxyl groups is 1. The van der Waals surface area contributed by atoms with Gasteiger partial charge in [-0.3, -0.25) is 14.5 Å². The average molecular weight is 240 g/mol. The monoisotopic (exact) mass is 240 g/mol. The van der Waals surface area contributed by atoms with Crippen LogP contribution in [0.3, 0.4) is 0 Å². The Balaban J connectivity index is 2.18. The van der Waals surface area contributed by atoms with Gasteiger partial charge < -0.3 is 10.8 Å². The van der Waals surface area contributed by atoms with E-state index in [9.17, 15) is 9.59 Å². The standard InChI is InChI=1S/C10H12N2O3S/c11-8-7(3-4-16-8)10(15)12(5-13)9(14)6-1-2-6/h3-4,6,13H,1-2,5,11H2. The van der Waals surface area contributed by atoms with E-state index in [0.717, 1.165) is 17.7 Å². The molecule has 1 aromatic rings. The number of imide groups is 1. The Morgan fingerprint density at radius 3 is 2.69 bits per heavy atom. The fraction of sp³-hybridized carbons (Fsp3) is 0.400. The molecule has 0 saturated heterocycles. The molecule has 1 aliphatic carbocycles. The number of anilines is 1. The number of amides is 2. The molecule has 2 amide bonds.